The Bertz CT molecular complexity index is 2610. The van der Waals surface area contributed by atoms with Crippen molar-refractivity contribution in [2.45, 2.75) is 51.9 Å². The molecule has 23 heteroatoms. The molecule has 2 aromatic carbocycles. The van der Waals surface area contributed by atoms with E-state index < -0.39 is 41.0 Å². The first-order chi connectivity index (χ1) is 29.4. The van der Waals surface area contributed by atoms with Crippen LogP contribution in [0.4, 0.5) is 43.1 Å². The van der Waals surface area contributed by atoms with Gasteiger partial charge >= 0.3 is 24.3 Å². The maximum Gasteiger partial charge on any atom is 0.417 e. The Morgan fingerprint density at radius 2 is 1.14 bits per heavy atom. The molecule has 0 radical (unpaired) electrons. The third-order valence-electron chi connectivity index (χ3n) is 8.20. The number of nitrogens with two attached hydrogens (primary N) is 1. The molecule has 0 spiro atoms. The molecule has 3 N–H and O–H groups in total. The minimum Gasteiger partial charge on any atom is -0.465 e. The third-order valence-corrected chi connectivity index (χ3v) is 12.4. The Balaban J connectivity index is 0.000000229. The van der Waals surface area contributed by atoms with Crippen LogP contribution in [-0.4, -0.2) is 46.1 Å². The third kappa shape index (κ3) is 13.4. The number of alkyl halides is 6. The second-order valence-electron chi connectivity index (χ2n) is 13.3. The van der Waals surface area contributed by atoms with Gasteiger partial charge in [-0.25, -0.2) is 29.5 Å². The van der Waals surface area contributed by atoms with Crippen LogP contribution in [0.2, 0.25) is 20.1 Å². The smallest absolute Gasteiger partial charge is 0.417 e. The van der Waals surface area contributed by atoms with Crippen molar-refractivity contribution < 1.29 is 45.4 Å². The molecule has 63 heavy (non-hydrogen) atoms. The molecule has 10 nitrogen and oxygen atoms in total. The number of ether oxygens (including phenoxy) is 2. The second-order valence-corrected chi connectivity index (χ2v) is 18.4. The van der Waals surface area contributed by atoms with E-state index in [1.165, 1.54) is 16.2 Å². The van der Waals surface area contributed by atoms with Gasteiger partial charge in [0.05, 0.1) is 46.8 Å². The summed E-state index contributed by atoms with van der Waals surface area (Å²) in [5.74, 6) is -1.81. The molecule has 0 aliphatic carbocycles. The van der Waals surface area contributed by atoms with Gasteiger partial charge in [0.1, 0.15) is 22.8 Å². The molecule has 0 saturated heterocycles. The van der Waals surface area contributed by atoms with Crippen molar-refractivity contribution in [3.63, 3.8) is 0 Å². The fraction of sp³-hybridized carbons (Fsp3) is 0.250. The minimum atomic E-state index is -4.65. The zero-order valence-corrected chi connectivity index (χ0v) is 39.6. The maximum atomic E-state index is 13.0. The van der Waals surface area contributed by atoms with Gasteiger partial charge in [-0.2, -0.15) is 26.3 Å². The summed E-state index contributed by atoms with van der Waals surface area (Å²) in [7, 11) is 2.12. The van der Waals surface area contributed by atoms with E-state index >= 15 is 0 Å². The predicted octanol–water partition coefficient (Wildman–Crippen LogP) is 14.7. The number of halogens is 11. The van der Waals surface area contributed by atoms with E-state index in [0.29, 0.717) is 66.9 Å². The monoisotopic (exact) mass is 1060 g/mol. The first-order valence-electron chi connectivity index (χ1n) is 17.8. The number of benzene rings is 2. The summed E-state index contributed by atoms with van der Waals surface area (Å²) in [6.07, 6.45) is -8.02. The molecule has 0 amide bonds. The number of pyridine rings is 2. The molecule has 336 valence electrons. The molecule has 0 aliphatic rings. The molecule has 0 aliphatic heterocycles. The van der Waals surface area contributed by atoms with Crippen molar-refractivity contribution >= 4 is 114 Å². The largest absolute Gasteiger partial charge is 0.465 e. The average Bonchev–Trinajstić information content (AvgIpc) is 3.81. The number of hydrogen-bond acceptors (Lipinski definition) is 12. The number of thiazole rings is 2. The molecular weight excluding hydrogens is 1030 g/mol. The zero-order valence-electron chi connectivity index (χ0n) is 33.4. The lowest BCUT2D eigenvalue weighted by molar-refractivity contribution is -0.138. The highest BCUT2D eigenvalue weighted by atomic mass is 79.9. The van der Waals surface area contributed by atoms with Crippen LogP contribution in [0.25, 0.3) is 22.5 Å². The lowest BCUT2D eigenvalue weighted by Gasteiger charge is -2.11. The molecule has 4 heterocycles. The summed E-state index contributed by atoms with van der Waals surface area (Å²) < 4.78 is 85.6. The van der Waals surface area contributed by atoms with Crippen LogP contribution in [-0.2, 0) is 21.8 Å². The van der Waals surface area contributed by atoms with Crippen LogP contribution >= 0.6 is 85.0 Å². The van der Waals surface area contributed by atoms with Crippen molar-refractivity contribution in [3.05, 3.63) is 117 Å². The molecule has 0 atom stereocenters. The van der Waals surface area contributed by atoms with Crippen LogP contribution < -0.4 is 11.1 Å². The highest BCUT2D eigenvalue weighted by Crippen LogP contribution is 2.42. The van der Waals surface area contributed by atoms with Crippen LogP contribution in [0.5, 0.6) is 0 Å². The fourth-order valence-electron chi connectivity index (χ4n) is 5.21. The van der Waals surface area contributed by atoms with Gasteiger partial charge in [-0.05, 0) is 76.3 Å². The van der Waals surface area contributed by atoms with Crippen molar-refractivity contribution in [2.75, 3.05) is 25.3 Å². The quantitative estimate of drug-likeness (QED) is 0.112. The molecule has 0 unspecified atom stereocenters. The number of nitrogen functional groups attached to an aromatic ring is 1. The number of aromatic nitrogens is 4. The normalized spacial score (nSPS) is 11.4. The van der Waals surface area contributed by atoms with E-state index in [0.717, 1.165) is 34.3 Å². The highest BCUT2D eigenvalue weighted by molar-refractivity contribution is 9.11. The standard InChI is InChI=1S/C20H16Cl2F3N3O2S.C12H10BrCl2NS.C8H7F3N2O2/c1-9(2)16-15(12-5-4-11(21)7-14(12)22)27-19(31-16)28-17-13(18(29)30-3)6-10(8-26-17)20(23,24)25;1-6(2)11-10(16-12(13)17-11)8-4-3-7(14)5-9(8)15;1-15-7(14)5-2-4(8(9,10)11)3-13-6(5)12/h4-9H,1-3H3,(H,26,27,28);3-6H,1-2H3;2-3H,1H3,(H2,12,13). The van der Waals surface area contributed by atoms with Crippen LogP contribution in [0, 0.1) is 0 Å². The Morgan fingerprint density at radius 1 is 0.698 bits per heavy atom. The second kappa shape index (κ2) is 21.6. The summed E-state index contributed by atoms with van der Waals surface area (Å²) in [4.78, 5) is 41.3. The number of rotatable bonds is 8. The lowest BCUT2D eigenvalue weighted by Crippen LogP contribution is -2.12. The Kier molecular flexibility index (Phi) is 17.6. The molecule has 4 aromatic heterocycles. The number of carbonyl (C=O) groups excluding carboxylic acids is 2. The van der Waals surface area contributed by atoms with E-state index in [4.69, 9.17) is 52.1 Å². The topological polar surface area (TPSA) is 142 Å². The zero-order chi connectivity index (χ0) is 47.1. The summed E-state index contributed by atoms with van der Waals surface area (Å²) in [5, 5.41) is 5.34. The Hall–Kier alpha value is -4.24. The van der Waals surface area contributed by atoms with Crippen LogP contribution in [0.15, 0.2) is 64.8 Å². The molecule has 0 bridgehead atoms. The van der Waals surface area contributed by atoms with Gasteiger partial charge in [0.25, 0.3) is 0 Å². The molecular formula is C40H33BrCl4F6N6O4S2. The lowest BCUT2D eigenvalue weighted by atomic mass is 10.1. The maximum absolute atomic E-state index is 13.0. The SMILES string of the molecule is CC(C)c1sc(Br)nc1-c1ccc(Cl)cc1Cl.COC(=O)c1cc(C(F)(F)F)cnc1N.COC(=O)c1cc(C(F)(F)F)cnc1Nc1nc(-c2ccc(Cl)cc2Cl)c(C(C)C)s1. The van der Waals surface area contributed by atoms with Gasteiger partial charge in [-0.15, -0.1) is 22.7 Å². The van der Waals surface area contributed by atoms with Gasteiger partial charge in [0, 0.05) is 43.3 Å². The van der Waals surface area contributed by atoms with Gasteiger partial charge < -0.3 is 20.5 Å². The number of nitrogens with one attached hydrogen (secondary N) is 1. The van der Waals surface area contributed by atoms with Crippen LogP contribution in [0.3, 0.4) is 0 Å². The summed E-state index contributed by atoms with van der Waals surface area (Å²) in [6, 6.07) is 11.8. The number of methoxy groups -OCH3 is 2. The number of nitrogens with zero attached hydrogens (tertiary/aromatic N) is 4. The molecule has 0 fully saturated rings. The van der Waals surface area contributed by atoms with Crippen LogP contribution in [0.1, 0.15) is 81.1 Å². The fourth-order valence-corrected chi connectivity index (χ4v) is 8.70. The highest BCUT2D eigenvalue weighted by Gasteiger charge is 2.34. The molecule has 6 aromatic rings. The summed E-state index contributed by atoms with van der Waals surface area (Å²) in [6.45, 7) is 8.24. The Labute approximate surface area is 393 Å². The van der Waals surface area contributed by atoms with Gasteiger partial charge in [0.15, 0.2) is 9.05 Å². The van der Waals surface area contributed by atoms with Gasteiger partial charge in [-0.3, -0.25) is 0 Å². The summed E-state index contributed by atoms with van der Waals surface area (Å²) in [5.41, 5.74) is 5.51. The minimum absolute atomic E-state index is 0.0791. The predicted molar refractivity (Wildman–Crippen MR) is 240 cm³/mol. The van der Waals surface area contributed by atoms with E-state index in [1.807, 2.05) is 26.0 Å². The first kappa shape index (κ1) is 51.4. The summed E-state index contributed by atoms with van der Waals surface area (Å²) >= 11 is 30.8. The number of carbonyl (C=O) groups is 2. The van der Waals surface area contributed by atoms with Gasteiger partial charge in [0.2, 0.25) is 0 Å². The van der Waals surface area contributed by atoms with Gasteiger partial charge in [-0.1, -0.05) is 74.1 Å². The Morgan fingerprint density at radius 3 is 1.60 bits per heavy atom. The van der Waals surface area contributed by atoms with Crippen molar-refractivity contribution in [1.82, 2.24) is 19.9 Å². The molecule has 0 saturated carbocycles. The first-order valence-corrected chi connectivity index (χ1v) is 21.7. The number of anilines is 3. The molecule has 6 rings (SSSR count). The van der Waals surface area contributed by atoms with Crippen molar-refractivity contribution in [3.8, 4) is 22.5 Å². The average molecular weight is 1060 g/mol. The van der Waals surface area contributed by atoms with E-state index in [-0.39, 0.29) is 23.1 Å². The van der Waals surface area contributed by atoms with E-state index in [1.54, 1.807) is 35.6 Å². The van der Waals surface area contributed by atoms with Crippen molar-refractivity contribution in [1.29, 1.82) is 0 Å². The number of esters is 2. The van der Waals surface area contributed by atoms with E-state index in [9.17, 15) is 35.9 Å². The van der Waals surface area contributed by atoms with E-state index in [2.05, 4.69) is 64.5 Å². The number of hydrogen-bond donors (Lipinski definition) is 2. The van der Waals surface area contributed by atoms with Crippen molar-refractivity contribution in [2.24, 2.45) is 0 Å².